The molecule has 0 saturated heterocycles. The molecular weight excluding hydrogens is 328 g/mol. The molecule has 104 valence electrons. The second-order valence-electron chi connectivity index (χ2n) is 5.49. The van der Waals surface area contributed by atoms with Gasteiger partial charge in [0.1, 0.15) is 0 Å². The number of rotatable bonds is 2. The molecule has 1 heterocycles. The van der Waals surface area contributed by atoms with Crippen molar-refractivity contribution in [1.29, 1.82) is 0 Å². The van der Waals surface area contributed by atoms with E-state index in [1.54, 1.807) is 25.4 Å². The SMILES string of the molecule is CN(C(C)(C)C)S(=O)(=O)c1cc(Br)c2[nH]ccc2c1. The topological polar surface area (TPSA) is 53.2 Å². The Kier molecular flexibility index (Phi) is 3.53. The normalized spacial score (nSPS) is 13.4. The number of benzene rings is 1. The van der Waals surface area contributed by atoms with Crippen LogP contribution in [0.15, 0.2) is 33.8 Å². The van der Waals surface area contributed by atoms with Crippen LogP contribution in [0, 0.1) is 0 Å². The first-order chi connectivity index (χ1) is 8.64. The van der Waals surface area contributed by atoms with E-state index in [0.717, 1.165) is 15.4 Å². The minimum absolute atomic E-state index is 0.295. The lowest BCUT2D eigenvalue weighted by Gasteiger charge is -2.30. The van der Waals surface area contributed by atoms with Crippen molar-refractivity contribution < 1.29 is 8.42 Å². The van der Waals surface area contributed by atoms with Crippen LogP contribution in [0.4, 0.5) is 0 Å². The van der Waals surface area contributed by atoms with Crippen LogP contribution in [-0.2, 0) is 10.0 Å². The van der Waals surface area contributed by atoms with Gasteiger partial charge in [0.15, 0.2) is 0 Å². The Hall–Kier alpha value is -0.850. The van der Waals surface area contributed by atoms with Crippen LogP contribution in [-0.4, -0.2) is 30.3 Å². The van der Waals surface area contributed by atoms with Gasteiger partial charge < -0.3 is 4.98 Å². The third-order valence-corrected chi connectivity index (χ3v) is 5.91. The minimum atomic E-state index is -3.50. The van der Waals surface area contributed by atoms with Gasteiger partial charge in [-0.05, 0) is 54.9 Å². The van der Waals surface area contributed by atoms with Gasteiger partial charge >= 0.3 is 0 Å². The largest absolute Gasteiger partial charge is 0.360 e. The molecule has 4 nitrogen and oxygen atoms in total. The summed E-state index contributed by atoms with van der Waals surface area (Å²) in [5.74, 6) is 0. The molecule has 0 amide bonds. The lowest BCUT2D eigenvalue weighted by molar-refractivity contribution is 0.292. The second kappa shape index (κ2) is 4.61. The molecule has 0 spiro atoms. The molecule has 1 aromatic heterocycles. The summed E-state index contributed by atoms with van der Waals surface area (Å²) in [5.41, 5.74) is 0.440. The fraction of sp³-hybridized carbons (Fsp3) is 0.385. The number of H-pyrrole nitrogens is 1. The molecule has 0 aliphatic carbocycles. The molecule has 0 bridgehead atoms. The third-order valence-electron chi connectivity index (χ3n) is 3.19. The van der Waals surface area contributed by atoms with Gasteiger partial charge in [-0.2, -0.15) is 4.31 Å². The Balaban J connectivity index is 2.61. The lowest BCUT2D eigenvalue weighted by atomic mass is 10.1. The van der Waals surface area contributed by atoms with E-state index in [1.807, 2.05) is 26.8 Å². The summed E-state index contributed by atoms with van der Waals surface area (Å²) < 4.78 is 27.3. The summed E-state index contributed by atoms with van der Waals surface area (Å²) >= 11 is 3.40. The van der Waals surface area contributed by atoms with Gasteiger partial charge in [0.25, 0.3) is 0 Å². The maximum Gasteiger partial charge on any atom is 0.243 e. The molecule has 0 aliphatic heterocycles. The number of sulfonamides is 1. The Morgan fingerprint density at radius 3 is 2.47 bits per heavy atom. The molecule has 0 unspecified atom stereocenters. The van der Waals surface area contributed by atoms with Gasteiger partial charge in [0, 0.05) is 28.6 Å². The van der Waals surface area contributed by atoms with Crippen LogP contribution >= 0.6 is 15.9 Å². The Morgan fingerprint density at radius 2 is 1.89 bits per heavy atom. The van der Waals surface area contributed by atoms with Crippen molar-refractivity contribution in [3.05, 3.63) is 28.9 Å². The number of hydrogen-bond acceptors (Lipinski definition) is 2. The van der Waals surface area contributed by atoms with Crippen LogP contribution in [0.2, 0.25) is 0 Å². The van der Waals surface area contributed by atoms with Crippen molar-refractivity contribution >= 4 is 36.9 Å². The summed E-state index contributed by atoms with van der Waals surface area (Å²) in [6, 6.07) is 5.18. The van der Waals surface area contributed by atoms with E-state index < -0.39 is 15.6 Å². The monoisotopic (exact) mass is 344 g/mol. The zero-order chi connectivity index (χ0) is 14.4. The number of aromatic amines is 1. The third kappa shape index (κ3) is 2.57. The summed E-state index contributed by atoms with van der Waals surface area (Å²) in [7, 11) is -1.90. The standard InChI is InChI=1S/C13H17BrN2O2S/c1-13(2,3)16(4)19(17,18)10-7-9-5-6-15-12(9)11(14)8-10/h5-8,15H,1-4H3. The van der Waals surface area contributed by atoms with E-state index >= 15 is 0 Å². The van der Waals surface area contributed by atoms with Crippen LogP contribution in [0.25, 0.3) is 10.9 Å². The predicted molar refractivity (Wildman–Crippen MR) is 80.7 cm³/mol. The van der Waals surface area contributed by atoms with Gasteiger partial charge in [-0.25, -0.2) is 8.42 Å². The summed E-state index contributed by atoms with van der Waals surface area (Å²) in [6.07, 6.45) is 1.79. The first-order valence-electron chi connectivity index (χ1n) is 5.90. The molecule has 1 aromatic carbocycles. The maximum absolute atomic E-state index is 12.6. The molecule has 0 radical (unpaired) electrons. The van der Waals surface area contributed by atoms with Crippen molar-refractivity contribution in [3.8, 4) is 0 Å². The number of halogens is 1. The van der Waals surface area contributed by atoms with E-state index in [-0.39, 0.29) is 0 Å². The van der Waals surface area contributed by atoms with E-state index in [9.17, 15) is 8.42 Å². The molecule has 1 N–H and O–H groups in total. The van der Waals surface area contributed by atoms with Crippen molar-refractivity contribution in [2.75, 3.05) is 7.05 Å². The Morgan fingerprint density at radius 1 is 1.26 bits per heavy atom. The van der Waals surface area contributed by atoms with E-state index in [4.69, 9.17) is 0 Å². The fourth-order valence-electron chi connectivity index (χ4n) is 1.77. The van der Waals surface area contributed by atoms with Gasteiger partial charge in [-0.3, -0.25) is 0 Å². The first kappa shape index (κ1) is 14.6. The molecule has 19 heavy (non-hydrogen) atoms. The van der Waals surface area contributed by atoms with Crippen LogP contribution < -0.4 is 0 Å². The number of hydrogen-bond donors (Lipinski definition) is 1. The van der Waals surface area contributed by atoms with Gasteiger partial charge in [-0.15, -0.1) is 0 Å². The molecule has 0 atom stereocenters. The minimum Gasteiger partial charge on any atom is -0.360 e. The lowest BCUT2D eigenvalue weighted by Crippen LogP contribution is -2.42. The highest BCUT2D eigenvalue weighted by Crippen LogP contribution is 2.30. The number of aromatic nitrogens is 1. The molecule has 2 aromatic rings. The molecule has 0 fully saturated rings. The van der Waals surface area contributed by atoms with Crippen molar-refractivity contribution in [2.45, 2.75) is 31.2 Å². The molecule has 0 saturated carbocycles. The van der Waals surface area contributed by atoms with E-state index in [2.05, 4.69) is 20.9 Å². The fourth-order valence-corrected chi connectivity index (χ4v) is 4.09. The quantitative estimate of drug-likeness (QED) is 0.908. The zero-order valence-electron chi connectivity index (χ0n) is 11.4. The van der Waals surface area contributed by atoms with Crippen molar-refractivity contribution in [2.24, 2.45) is 0 Å². The van der Waals surface area contributed by atoms with Gasteiger partial charge in [-0.1, -0.05) is 0 Å². The molecule has 0 aliphatic rings. The summed E-state index contributed by atoms with van der Waals surface area (Å²) in [5, 5.41) is 0.871. The Labute approximate surface area is 122 Å². The first-order valence-corrected chi connectivity index (χ1v) is 8.13. The second-order valence-corrected chi connectivity index (χ2v) is 8.31. The predicted octanol–water partition coefficient (Wildman–Crippen LogP) is 3.35. The number of nitrogens with one attached hydrogen (secondary N) is 1. The van der Waals surface area contributed by atoms with E-state index in [0.29, 0.717) is 4.90 Å². The highest BCUT2D eigenvalue weighted by molar-refractivity contribution is 9.10. The van der Waals surface area contributed by atoms with Gasteiger partial charge in [0.05, 0.1) is 10.4 Å². The zero-order valence-corrected chi connectivity index (χ0v) is 13.8. The van der Waals surface area contributed by atoms with Crippen LogP contribution in [0.1, 0.15) is 20.8 Å². The average molecular weight is 345 g/mol. The maximum atomic E-state index is 12.6. The number of fused-ring (bicyclic) bond motifs is 1. The summed E-state index contributed by atoms with van der Waals surface area (Å²) in [4.78, 5) is 3.37. The van der Waals surface area contributed by atoms with Crippen molar-refractivity contribution in [1.82, 2.24) is 9.29 Å². The van der Waals surface area contributed by atoms with E-state index in [1.165, 1.54) is 4.31 Å². The van der Waals surface area contributed by atoms with Gasteiger partial charge in [0.2, 0.25) is 10.0 Å². The summed E-state index contributed by atoms with van der Waals surface area (Å²) in [6.45, 7) is 5.61. The highest BCUT2D eigenvalue weighted by atomic mass is 79.9. The van der Waals surface area contributed by atoms with Crippen LogP contribution in [0.5, 0.6) is 0 Å². The highest BCUT2D eigenvalue weighted by Gasteiger charge is 2.30. The van der Waals surface area contributed by atoms with Crippen molar-refractivity contribution in [3.63, 3.8) is 0 Å². The molecule has 2 rings (SSSR count). The smallest absolute Gasteiger partial charge is 0.243 e. The molecular formula is C13H17BrN2O2S. The average Bonchev–Trinajstić information content (AvgIpc) is 2.75. The molecule has 6 heteroatoms. The van der Waals surface area contributed by atoms with Crippen LogP contribution in [0.3, 0.4) is 0 Å². The Bertz CT molecular complexity index is 714. The number of nitrogens with zero attached hydrogens (tertiary/aromatic N) is 1.